The number of benzene rings is 2. The van der Waals surface area contributed by atoms with E-state index in [1.165, 1.54) is 18.2 Å². The Bertz CT molecular complexity index is 1100. The Labute approximate surface area is 187 Å². The van der Waals surface area contributed by atoms with Gasteiger partial charge >= 0.3 is 0 Å². The highest BCUT2D eigenvalue weighted by Crippen LogP contribution is 2.24. The molecular formula is C22H25ClFN3O3S. The molecule has 4 rings (SSSR count). The van der Waals surface area contributed by atoms with Crippen LogP contribution in [0.25, 0.3) is 0 Å². The van der Waals surface area contributed by atoms with Crippen molar-refractivity contribution in [3.8, 4) is 0 Å². The minimum atomic E-state index is -3.62. The zero-order valence-electron chi connectivity index (χ0n) is 17.3. The van der Waals surface area contributed by atoms with Gasteiger partial charge in [-0.2, -0.15) is 0 Å². The van der Waals surface area contributed by atoms with Crippen molar-refractivity contribution in [3.05, 3.63) is 63.9 Å². The molecule has 1 aliphatic carbocycles. The highest BCUT2D eigenvalue weighted by molar-refractivity contribution is 7.89. The summed E-state index contributed by atoms with van der Waals surface area (Å²) >= 11 is 6.13. The van der Waals surface area contributed by atoms with Crippen molar-refractivity contribution in [2.75, 3.05) is 26.2 Å². The third-order valence-corrected chi connectivity index (χ3v) is 7.59. The second kappa shape index (κ2) is 8.86. The fourth-order valence-corrected chi connectivity index (χ4v) is 5.22. The van der Waals surface area contributed by atoms with Crippen LogP contribution in [-0.2, 0) is 16.6 Å². The molecule has 0 unspecified atom stereocenters. The third kappa shape index (κ3) is 5.26. The zero-order chi connectivity index (χ0) is 22.2. The molecule has 0 atom stereocenters. The molecule has 2 aromatic carbocycles. The minimum absolute atomic E-state index is 0.00754. The van der Waals surface area contributed by atoms with Crippen LogP contribution in [0.4, 0.5) is 4.39 Å². The molecule has 1 amide bonds. The molecule has 1 aliphatic heterocycles. The van der Waals surface area contributed by atoms with E-state index in [9.17, 15) is 17.6 Å². The Hall–Kier alpha value is -2.00. The first kappa shape index (κ1) is 22.2. The van der Waals surface area contributed by atoms with Gasteiger partial charge < -0.3 is 4.90 Å². The van der Waals surface area contributed by atoms with E-state index >= 15 is 0 Å². The molecular weight excluding hydrogens is 441 g/mol. The number of amides is 1. The monoisotopic (exact) mass is 465 g/mol. The lowest BCUT2D eigenvalue weighted by atomic mass is 10.1. The van der Waals surface area contributed by atoms with Gasteiger partial charge in [-0.15, -0.1) is 0 Å². The molecule has 1 heterocycles. The Balaban J connectivity index is 1.42. The van der Waals surface area contributed by atoms with Gasteiger partial charge in [0.2, 0.25) is 10.0 Å². The summed E-state index contributed by atoms with van der Waals surface area (Å²) in [5, 5.41) is 0.395. The molecule has 0 radical (unpaired) electrons. The van der Waals surface area contributed by atoms with Crippen LogP contribution in [-0.4, -0.2) is 56.3 Å². The van der Waals surface area contributed by atoms with Gasteiger partial charge in [-0.25, -0.2) is 17.5 Å². The number of carbonyl (C=O) groups is 1. The van der Waals surface area contributed by atoms with Crippen LogP contribution in [0, 0.1) is 12.7 Å². The molecule has 1 saturated heterocycles. The first-order valence-electron chi connectivity index (χ1n) is 10.3. The molecule has 0 spiro atoms. The maximum atomic E-state index is 13.2. The van der Waals surface area contributed by atoms with Crippen LogP contribution < -0.4 is 4.72 Å². The number of aryl methyl sites for hydroxylation is 1. The van der Waals surface area contributed by atoms with Crippen molar-refractivity contribution in [1.29, 1.82) is 0 Å². The van der Waals surface area contributed by atoms with E-state index in [1.54, 1.807) is 23.1 Å². The topological polar surface area (TPSA) is 69.7 Å². The number of rotatable bonds is 6. The van der Waals surface area contributed by atoms with Crippen LogP contribution in [0.5, 0.6) is 0 Å². The van der Waals surface area contributed by atoms with Crippen LogP contribution in [0.3, 0.4) is 0 Å². The molecule has 1 saturated carbocycles. The normalized spacial score (nSPS) is 17.7. The highest BCUT2D eigenvalue weighted by atomic mass is 35.5. The second-order valence-corrected chi connectivity index (χ2v) is 10.3. The summed E-state index contributed by atoms with van der Waals surface area (Å²) in [5.74, 6) is -0.531. The number of hydrogen-bond donors (Lipinski definition) is 1. The fraction of sp³-hybridized carbons (Fsp3) is 0.409. The van der Waals surface area contributed by atoms with Crippen molar-refractivity contribution in [3.63, 3.8) is 0 Å². The van der Waals surface area contributed by atoms with Gasteiger partial charge in [-0.05, 0) is 55.2 Å². The van der Waals surface area contributed by atoms with Gasteiger partial charge in [-0.1, -0.05) is 23.7 Å². The van der Waals surface area contributed by atoms with Crippen molar-refractivity contribution < 1.29 is 17.6 Å². The zero-order valence-corrected chi connectivity index (χ0v) is 18.8. The summed E-state index contributed by atoms with van der Waals surface area (Å²) in [6, 6.07) is 9.09. The SMILES string of the molecule is Cc1ccc(S(=O)(=O)NC2CC2)cc1C(=O)N1CCN(Cc2ccc(F)cc2Cl)CC1. The number of sulfonamides is 1. The Kier molecular flexibility index (Phi) is 6.35. The van der Waals surface area contributed by atoms with Crippen molar-refractivity contribution >= 4 is 27.5 Å². The summed E-state index contributed by atoms with van der Waals surface area (Å²) in [4.78, 5) is 17.2. The lowest BCUT2D eigenvalue weighted by molar-refractivity contribution is 0.0627. The molecule has 0 bridgehead atoms. The van der Waals surface area contributed by atoms with Gasteiger partial charge in [0.25, 0.3) is 5.91 Å². The lowest BCUT2D eigenvalue weighted by Crippen LogP contribution is -2.48. The molecule has 166 valence electrons. The molecule has 0 aromatic heterocycles. The quantitative estimate of drug-likeness (QED) is 0.711. The van der Waals surface area contributed by atoms with E-state index < -0.39 is 10.0 Å². The van der Waals surface area contributed by atoms with E-state index in [0.29, 0.717) is 43.3 Å². The molecule has 2 aliphatic rings. The van der Waals surface area contributed by atoms with Crippen LogP contribution >= 0.6 is 11.6 Å². The number of nitrogens with zero attached hydrogens (tertiary/aromatic N) is 2. The first-order chi connectivity index (χ1) is 14.7. The van der Waals surface area contributed by atoms with E-state index in [-0.39, 0.29) is 22.7 Å². The summed E-state index contributed by atoms with van der Waals surface area (Å²) in [6.45, 7) is 4.74. The van der Waals surface area contributed by atoms with Crippen molar-refractivity contribution in [1.82, 2.24) is 14.5 Å². The molecule has 9 heteroatoms. The van der Waals surface area contributed by atoms with Gasteiger partial charge in [-0.3, -0.25) is 9.69 Å². The van der Waals surface area contributed by atoms with E-state index in [2.05, 4.69) is 9.62 Å². The first-order valence-corrected chi connectivity index (χ1v) is 12.2. The van der Waals surface area contributed by atoms with E-state index in [0.717, 1.165) is 24.0 Å². The molecule has 1 N–H and O–H groups in total. The Morgan fingerprint density at radius 3 is 2.48 bits per heavy atom. The Morgan fingerprint density at radius 2 is 1.84 bits per heavy atom. The fourth-order valence-electron chi connectivity index (χ4n) is 3.66. The number of hydrogen-bond acceptors (Lipinski definition) is 4. The maximum absolute atomic E-state index is 13.2. The number of carbonyl (C=O) groups excluding carboxylic acids is 1. The number of piperazine rings is 1. The van der Waals surface area contributed by atoms with Gasteiger partial charge in [0.1, 0.15) is 5.82 Å². The number of nitrogens with one attached hydrogen (secondary N) is 1. The van der Waals surface area contributed by atoms with Crippen LogP contribution in [0.1, 0.15) is 34.3 Å². The summed E-state index contributed by atoms with van der Waals surface area (Å²) in [6.07, 6.45) is 1.70. The van der Waals surface area contributed by atoms with E-state index in [4.69, 9.17) is 11.6 Å². The van der Waals surface area contributed by atoms with Crippen LogP contribution in [0.2, 0.25) is 5.02 Å². The van der Waals surface area contributed by atoms with Crippen LogP contribution in [0.15, 0.2) is 41.3 Å². The standard InChI is InChI=1S/C22H25ClFN3O3S/c1-15-2-7-19(31(29,30)25-18-5-6-18)13-20(15)22(28)27-10-8-26(9-11-27)14-16-3-4-17(24)12-21(16)23/h2-4,7,12-13,18,25H,5-6,8-11,14H2,1H3. The summed E-state index contributed by atoms with van der Waals surface area (Å²) in [7, 11) is -3.62. The second-order valence-electron chi connectivity index (χ2n) is 8.18. The average molecular weight is 466 g/mol. The maximum Gasteiger partial charge on any atom is 0.254 e. The number of halogens is 2. The molecule has 2 aromatic rings. The molecule has 2 fully saturated rings. The average Bonchev–Trinajstić information content (AvgIpc) is 3.53. The van der Waals surface area contributed by atoms with Gasteiger partial charge in [0.15, 0.2) is 0 Å². The van der Waals surface area contributed by atoms with Crippen molar-refractivity contribution in [2.45, 2.75) is 37.2 Å². The predicted octanol–water partition coefficient (Wildman–Crippen LogP) is 3.19. The summed E-state index contributed by atoms with van der Waals surface area (Å²) in [5.41, 5.74) is 2.00. The van der Waals surface area contributed by atoms with Gasteiger partial charge in [0, 0.05) is 49.4 Å². The van der Waals surface area contributed by atoms with Crippen molar-refractivity contribution in [2.24, 2.45) is 0 Å². The smallest absolute Gasteiger partial charge is 0.254 e. The Morgan fingerprint density at radius 1 is 1.13 bits per heavy atom. The highest BCUT2D eigenvalue weighted by Gasteiger charge is 2.29. The lowest BCUT2D eigenvalue weighted by Gasteiger charge is -2.35. The van der Waals surface area contributed by atoms with E-state index in [1.807, 2.05) is 6.92 Å². The largest absolute Gasteiger partial charge is 0.336 e. The van der Waals surface area contributed by atoms with Gasteiger partial charge in [0.05, 0.1) is 4.90 Å². The molecule has 31 heavy (non-hydrogen) atoms. The minimum Gasteiger partial charge on any atom is -0.336 e. The molecule has 6 nitrogen and oxygen atoms in total. The third-order valence-electron chi connectivity index (χ3n) is 5.72. The summed E-state index contributed by atoms with van der Waals surface area (Å²) < 4.78 is 41.0. The predicted molar refractivity (Wildman–Crippen MR) is 117 cm³/mol.